The van der Waals surface area contributed by atoms with E-state index in [1.807, 2.05) is 6.07 Å². The van der Waals surface area contributed by atoms with E-state index in [4.69, 9.17) is 16.0 Å². The van der Waals surface area contributed by atoms with Gasteiger partial charge in [0.15, 0.2) is 5.78 Å². The van der Waals surface area contributed by atoms with Crippen LogP contribution < -0.4 is 9.74 Å². The van der Waals surface area contributed by atoms with Crippen molar-refractivity contribution in [2.45, 2.75) is 110 Å². The number of benzene rings is 2. The Morgan fingerprint density at radius 1 is 0.865 bits per heavy atom. The van der Waals surface area contributed by atoms with Crippen LogP contribution in [0, 0.1) is 0 Å². The van der Waals surface area contributed by atoms with Crippen LogP contribution in [0.15, 0.2) is 42.5 Å². The third-order valence-corrected chi connectivity index (χ3v) is 12.0. The lowest BCUT2D eigenvalue weighted by atomic mass is 10.0. The molecule has 0 fully saturated rings. The molecule has 0 atom stereocenters. The molecule has 0 heterocycles. The number of carbonyl (C=O) groups excluding carboxylic acids is 2. The summed E-state index contributed by atoms with van der Waals surface area (Å²) in [6, 6.07) is 12.3. The van der Waals surface area contributed by atoms with Crippen LogP contribution >= 0.6 is 11.6 Å². The largest absolute Gasteiger partial charge is 0.543 e. The number of hydrogen-bond donors (Lipinski definition) is 1. The summed E-state index contributed by atoms with van der Waals surface area (Å²) in [5, 5.41) is 3.32. The average Bonchev–Trinajstić information content (AvgIpc) is 2.83. The van der Waals surface area contributed by atoms with Crippen molar-refractivity contribution in [2.75, 3.05) is 5.32 Å². The number of hydrogen-bond acceptors (Lipinski definition) is 3. The molecule has 2 aromatic carbocycles. The minimum absolute atomic E-state index is 0.0260. The predicted octanol–water partition coefficient (Wildman–Crippen LogP) is 10.1. The molecule has 0 spiro atoms. The Morgan fingerprint density at radius 2 is 1.46 bits per heavy atom. The van der Waals surface area contributed by atoms with E-state index in [1.54, 1.807) is 36.4 Å². The standard InChI is InChI=1S/C31H46ClNO3Si/c1-7-8-9-10-11-12-13-14-15-20-29(34)26-23-24(36-37(5,6)31(2,3)4)21-22-28(26)33-30(35)25-18-16-17-19-27(25)32/h16-19,21-23H,7-15,20H2,1-6H3,(H,33,35). The molecule has 0 aliphatic heterocycles. The molecular weight excluding hydrogens is 498 g/mol. The minimum atomic E-state index is -2.08. The Hall–Kier alpha value is -2.11. The highest BCUT2D eigenvalue weighted by Gasteiger charge is 2.39. The van der Waals surface area contributed by atoms with E-state index in [0.29, 0.717) is 34.0 Å². The Labute approximate surface area is 230 Å². The summed E-state index contributed by atoms with van der Waals surface area (Å²) >= 11 is 6.23. The zero-order valence-electron chi connectivity index (χ0n) is 23.7. The van der Waals surface area contributed by atoms with Crippen molar-refractivity contribution in [2.24, 2.45) is 0 Å². The third-order valence-electron chi connectivity index (χ3n) is 7.34. The molecule has 1 N–H and O–H groups in total. The second kappa shape index (κ2) is 14.7. The van der Waals surface area contributed by atoms with Gasteiger partial charge >= 0.3 is 0 Å². The number of anilines is 1. The van der Waals surface area contributed by atoms with E-state index < -0.39 is 8.32 Å². The Balaban J connectivity index is 2.13. The van der Waals surface area contributed by atoms with E-state index >= 15 is 0 Å². The summed E-state index contributed by atoms with van der Waals surface area (Å²) < 4.78 is 6.47. The minimum Gasteiger partial charge on any atom is -0.543 e. The molecule has 1 amide bonds. The second-order valence-electron chi connectivity index (χ2n) is 11.5. The predicted molar refractivity (Wildman–Crippen MR) is 160 cm³/mol. The fourth-order valence-electron chi connectivity index (χ4n) is 3.94. The van der Waals surface area contributed by atoms with Crippen LogP contribution in [-0.2, 0) is 0 Å². The van der Waals surface area contributed by atoms with Crippen LogP contribution in [0.3, 0.4) is 0 Å². The first kappa shape index (κ1) is 31.1. The molecule has 2 aromatic rings. The van der Waals surface area contributed by atoms with Crippen molar-refractivity contribution < 1.29 is 14.0 Å². The maximum Gasteiger partial charge on any atom is 0.257 e. The highest BCUT2D eigenvalue weighted by atomic mass is 35.5. The average molecular weight is 544 g/mol. The van der Waals surface area contributed by atoms with Crippen LogP contribution in [0.1, 0.15) is 113 Å². The van der Waals surface area contributed by atoms with Crippen molar-refractivity contribution in [3.05, 3.63) is 58.6 Å². The van der Waals surface area contributed by atoms with Crippen LogP contribution in [0.5, 0.6) is 5.75 Å². The zero-order valence-corrected chi connectivity index (χ0v) is 25.5. The second-order valence-corrected chi connectivity index (χ2v) is 16.6. The SMILES string of the molecule is CCCCCCCCCCCC(=O)c1cc(O[Si](C)(C)C(C)(C)C)ccc1NC(=O)c1ccccc1Cl. The Bertz CT molecular complexity index is 1030. The Morgan fingerprint density at radius 3 is 2.05 bits per heavy atom. The van der Waals surface area contributed by atoms with Gasteiger partial charge in [0.25, 0.3) is 5.91 Å². The normalized spacial score (nSPS) is 11.9. The van der Waals surface area contributed by atoms with Crippen molar-refractivity contribution in [3.8, 4) is 5.75 Å². The first-order chi connectivity index (χ1) is 17.5. The van der Waals surface area contributed by atoms with E-state index in [1.165, 1.54) is 38.5 Å². The van der Waals surface area contributed by atoms with E-state index in [2.05, 4.69) is 46.1 Å². The topological polar surface area (TPSA) is 55.4 Å². The van der Waals surface area contributed by atoms with Crippen molar-refractivity contribution in [3.63, 3.8) is 0 Å². The molecule has 6 heteroatoms. The molecule has 0 aliphatic rings. The van der Waals surface area contributed by atoms with E-state index in [-0.39, 0.29) is 16.7 Å². The van der Waals surface area contributed by atoms with Gasteiger partial charge in [0, 0.05) is 12.0 Å². The molecule has 0 saturated heterocycles. The number of nitrogens with one attached hydrogen (secondary N) is 1. The van der Waals surface area contributed by atoms with Gasteiger partial charge in [-0.2, -0.15) is 0 Å². The summed E-state index contributed by atoms with van der Waals surface area (Å²) in [6.45, 7) is 13.2. The maximum absolute atomic E-state index is 13.4. The summed E-state index contributed by atoms with van der Waals surface area (Å²) in [6.07, 6.45) is 11.2. The number of Topliss-reactive ketones (excluding diaryl/α,β-unsaturated/α-hetero) is 1. The van der Waals surface area contributed by atoms with Gasteiger partial charge in [-0.15, -0.1) is 0 Å². The van der Waals surface area contributed by atoms with Gasteiger partial charge in [0.2, 0.25) is 8.32 Å². The maximum atomic E-state index is 13.4. The summed E-state index contributed by atoms with van der Waals surface area (Å²) in [5.74, 6) is 0.372. The van der Waals surface area contributed by atoms with Gasteiger partial charge in [-0.3, -0.25) is 9.59 Å². The molecule has 37 heavy (non-hydrogen) atoms. The highest BCUT2D eigenvalue weighted by molar-refractivity contribution is 6.74. The number of amides is 1. The molecule has 204 valence electrons. The number of halogens is 1. The quantitative estimate of drug-likeness (QED) is 0.138. The fraction of sp³-hybridized carbons (Fsp3) is 0.548. The van der Waals surface area contributed by atoms with Crippen LogP contribution in [0.4, 0.5) is 5.69 Å². The molecule has 0 saturated carbocycles. The lowest BCUT2D eigenvalue weighted by Crippen LogP contribution is -2.43. The lowest BCUT2D eigenvalue weighted by molar-refractivity contribution is 0.0979. The number of carbonyl (C=O) groups is 2. The van der Waals surface area contributed by atoms with Gasteiger partial charge in [-0.1, -0.05) is 103 Å². The lowest BCUT2D eigenvalue weighted by Gasteiger charge is -2.36. The first-order valence-electron chi connectivity index (χ1n) is 13.9. The van der Waals surface area contributed by atoms with Gasteiger partial charge in [-0.05, 0) is 54.9 Å². The van der Waals surface area contributed by atoms with Gasteiger partial charge < -0.3 is 9.74 Å². The number of unbranched alkanes of at least 4 members (excludes halogenated alkanes) is 8. The van der Waals surface area contributed by atoms with Crippen LogP contribution in [0.2, 0.25) is 23.2 Å². The van der Waals surface area contributed by atoms with Gasteiger partial charge in [0.05, 0.1) is 16.3 Å². The van der Waals surface area contributed by atoms with E-state index in [0.717, 1.165) is 19.3 Å². The monoisotopic (exact) mass is 543 g/mol. The van der Waals surface area contributed by atoms with Crippen molar-refractivity contribution in [1.29, 1.82) is 0 Å². The van der Waals surface area contributed by atoms with Crippen LogP contribution in [-0.4, -0.2) is 20.0 Å². The summed E-state index contributed by atoms with van der Waals surface area (Å²) in [5.41, 5.74) is 1.37. The number of ketones is 1. The zero-order chi connectivity index (χ0) is 27.5. The fourth-order valence-corrected chi connectivity index (χ4v) is 5.18. The molecule has 2 rings (SSSR count). The molecule has 0 aliphatic carbocycles. The first-order valence-corrected chi connectivity index (χ1v) is 17.2. The molecule has 0 unspecified atom stereocenters. The van der Waals surface area contributed by atoms with E-state index in [9.17, 15) is 9.59 Å². The molecule has 4 nitrogen and oxygen atoms in total. The highest BCUT2D eigenvalue weighted by Crippen LogP contribution is 2.38. The number of rotatable bonds is 15. The summed E-state index contributed by atoms with van der Waals surface area (Å²) in [7, 11) is -2.08. The smallest absolute Gasteiger partial charge is 0.257 e. The molecule has 0 radical (unpaired) electrons. The molecule has 0 bridgehead atoms. The van der Waals surface area contributed by atoms with Gasteiger partial charge in [0.1, 0.15) is 5.75 Å². The van der Waals surface area contributed by atoms with Crippen LogP contribution in [0.25, 0.3) is 0 Å². The molecular formula is C31H46ClNO3Si. The van der Waals surface area contributed by atoms with Crippen molar-refractivity contribution >= 4 is 37.3 Å². The Kier molecular flexibility index (Phi) is 12.4. The summed E-state index contributed by atoms with van der Waals surface area (Å²) in [4.78, 5) is 26.3. The third kappa shape index (κ3) is 9.94. The molecule has 0 aromatic heterocycles. The van der Waals surface area contributed by atoms with Crippen molar-refractivity contribution in [1.82, 2.24) is 0 Å². The van der Waals surface area contributed by atoms with Gasteiger partial charge in [-0.25, -0.2) is 0 Å².